The number of rotatable bonds is 8. The first-order valence-corrected chi connectivity index (χ1v) is 15.1. The second-order valence-electron chi connectivity index (χ2n) is 10.7. The maximum atomic E-state index is 13.3. The summed E-state index contributed by atoms with van der Waals surface area (Å²) < 4.78 is 28.6. The van der Waals surface area contributed by atoms with E-state index in [4.69, 9.17) is 12.8 Å². The molecule has 0 spiro atoms. The Morgan fingerprint density at radius 3 is 2.46 bits per heavy atom. The van der Waals surface area contributed by atoms with Gasteiger partial charge in [0, 0.05) is 29.7 Å². The van der Waals surface area contributed by atoms with Crippen molar-refractivity contribution in [3.05, 3.63) is 72.6 Å². The molecule has 0 bridgehead atoms. The number of pyridine rings is 2. The predicted octanol–water partition coefficient (Wildman–Crippen LogP) is 5.16. The van der Waals surface area contributed by atoms with Crippen molar-refractivity contribution < 1.29 is 8.42 Å². The molecule has 3 aliphatic rings. The van der Waals surface area contributed by atoms with Gasteiger partial charge in [0.2, 0.25) is 0 Å². The Hall–Kier alpha value is -3.27. The number of hydrogen-bond donors (Lipinski definition) is 0. The van der Waals surface area contributed by atoms with Crippen molar-refractivity contribution >= 4 is 32.4 Å². The minimum Gasteiger partial charge on any atom is -0.343 e. The molecule has 2 aliphatic heterocycles. The summed E-state index contributed by atoms with van der Waals surface area (Å²) in [7, 11) is 5.83. The molecular formula is C30H30BN4O2PS. The summed E-state index contributed by atoms with van der Waals surface area (Å²) in [6.45, 7) is 10.2. The highest BCUT2D eigenvalue weighted by Crippen LogP contribution is 2.47. The van der Waals surface area contributed by atoms with Gasteiger partial charge in [-0.3, -0.25) is 4.98 Å². The average molecular weight is 552 g/mol. The lowest BCUT2D eigenvalue weighted by Crippen LogP contribution is -2.17. The van der Waals surface area contributed by atoms with E-state index in [1.54, 1.807) is 25.3 Å². The van der Waals surface area contributed by atoms with Gasteiger partial charge in [0.15, 0.2) is 9.84 Å². The standard InChI is InChI=1S/C30H30BN4O2PS/c1-5-13-35-17-22(29(3,4)38)15-23-28(35)25(31)27(34-23)26-24(39(36,37)6-2)14-20(16-33-26)19-7-9-21(10-8-19)30(18-32)11-12-30/h5,7-10,14-17H,1,6,11-13,38H2,2-4H3. The van der Waals surface area contributed by atoms with Gasteiger partial charge in [0.1, 0.15) is 13.5 Å². The van der Waals surface area contributed by atoms with E-state index >= 15 is 0 Å². The molecule has 1 aromatic heterocycles. The van der Waals surface area contributed by atoms with Gasteiger partial charge in [-0.15, -0.1) is 15.8 Å². The molecular weight excluding hydrogens is 522 g/mol. The molecule has 1 aliphatic carbocycles. The highest BCUT2D eigenvalue weighted by molar-refractivity contribution is 7.91. The third-order valence-corrected chi connectivity index (χ3v) is 9.53. The van der Waals surface area contributed by atoms with Crippen LogP contribution in [0.3, 0.4) is 0 Å². The number of fused-ring (bicyclic) bond motifs is 1. The van der Waals surface area contributed by atoms with E-state index < -0.39 is 9.84 Å². The van der Waals surface area contributed by atoms with Crippen LogP contribution in [-0.4, -0.2) is 36.6 Å². The molecule has 2 radical (unpaired) electrons. The Bertz CT molecular complexity index is 1710. The van der Waals surface area contributed by atoms with Crippen LogP contribution in [-0.2, 0) is 27.0 Å². The lowest BCUT2D eigenvalue weighted by molar-refractivity contribution is 0.597. The van der Waals surface area contributed by atoms with E-state index in [1.165, 1.54) is 0 Å². The Morgan fingerprint density at radius 2 is 1.90 bits per heavy atom. The molecule has 1 aromatic carbocycles. The number of sulfone groups is 1. The molecule has 0 saturated heterocycles. The summed E-state index contributed by atoms with van der Waals surface area (Å²) >= 11 is 0. The normalized spacial score (nSPS) is 14.7. The highest BCUT2D eigenvalue weighted by atomic mass is 32.2. The summed E-state index contributed by atoms with van der Waals surface area (Å²) in [5, 5.41) is 9.31. The van der Waals surface area contributed by atoms with Crippen molar-refractivity contribution in [2.45, 2.75) is 55.6 Å². The van der Waals surface area contributed by atoms with E-state index in [0.29, 0.717) is 29.0 Å². The number of benzene rings is 1. The molecule has 2 aromatic rings. The van der Waals surface area contributed by atoms with Crippen LogP contribution >= 0.6 is 9.24 Å². The number of allylic oxidation sites excluding steroid dienone is 1. The van der Waals surface area contributed by atoms with Gasteiger partial charge < -0.3 is 4.57 Å². The molecule has 3 heterocycles. The third kappa shape index (κ3) is 4.84. The molecule has 5 rings (SSSR count). The first-order chi connectivity index (χ1) is 18.4. The highest BCUT2D eigenvalue weighted by Gasteiger charge is 2.44. The first kappa shape index (κ1) is 27.3. The van der Waals surface area contributed by atoms with Crippen LogP contribution in [0.15, 0.2) is 66.3 Å². The predicted molar refractivity (Wildman–Crippen MR) is 160 cm³/mol. The Kier molecular flexibility index (Phi) is 6.81. The fourth-order valence-electron chi connectivity index (χ4n) is 4.86. The van der Waals surface area contributed by atoms with Gasteiger partial charge in [-0.05, 0) is 47.1 Å². The summed E-state index contributed by atoms with van der Waals surface area (Å²) in [6.07, 6.45) is 7.20. The van der Waals surface area contributed by atoms with Crippen LogP contribution in [0, 0.1) is 11.3 Å². The SMILES string of the molecule is [B]c1c(-c2ncc(-c3ccc(C4(C#N)CC4)cc3)cc2S(=O)(=O)CC)nc2cc(C(C)(C)P)cn(CC=C)c1-2. The third-order valence-electron chi connectivity index (χ3n) is 7.46. The minimum absolute atomic E-state index is 0.0866. The molecule has 0 N–H and O–H groups in total. The van der Waals surface area contributed by atoms with Crippen molar-refractivity contribution in [2.75, 3.05) is 5.75 Å². The van der Waals surface area contributed by atoms with Gasteiger partial charge in [0.25, 0.3) is 0 Å². The largest absolute Gasteiger partial charge is 0.343 e. The van der Waals surface area contributed by atoms with Crippen LogP contribution < -0.4 is 5.46 Å². The first-order valence-electron chi connectivity index (χ1n) is 12.9. The minimum atomic E-state index is -3.67. The number of hydrogen-bond acceptors (Lipinski definition) is 5. The molecule has 6 nitrogen and oxygen atoms in total. The Morgan fingerprint density at radius 1 is 1.21 bits per heavy atom. The quantitative estimate of drug-likeness (QED) is 0.171. The number of nitrogens with zero attached hydrogens (tertiary/aromatic N) is 4. The van der Waals surface area contributed by atoms with Gasteiger partial charge >= 0.3 is 0 Å². The van der Waals surface area contributed by atoms with Crippen LogP contribution in [0.5, 0.6) is 0 Å². The molecule has 9 heteroatoms. The van der Waals surface area contributed by atoms with Crippen molar-refractivity contribution in [3.63, 3.8) is 0 Å². The van der Waals surface area contributed by atoms with Gasteiger partial charge in [-0.2, -0.15) is 5.26 Å². The van der Waals surface area contributed by atoms with Crippen LogP contribution in [0.4, 0.5) is 0 Å². The Labute approximate surface area is 234 Å². The topological polar surface area (TPSA) is 88.6 Å². The van der Waals surface area contributed by atoms with E-state index in [1.807, 2.05) is 41.1 Å². The van der Waals surface area contributed by atoms with Crippen molar-refractivity contribution in [1.29, 1.82) is 5.26 Å². The van der Waals surface area contributed by atoms with Gasteiger partial charge in [0.05, 0.1) is 39.2 Å². The van der Waals surface area contributed by atoms with Crippen LogP contribution in [0.2, 0.25) is 0 Å². The molecule has 1 atom stereocenters. The van der Waals surface area contributed by atoms with E-state index in [9.17, 15) is 13.7 Å². The van der Waals surface area contributed by atoms with Gasteiger partial charge in [-0.1, -0.05) is 51.1 Å². The monoisotopic (exact) mass is 552 g/mol. The fourth-order valence-corrected chi connectivity index (χ4v) is 6.08. The summed E-state index contributed by atoms with van der Waals surface area (Å²) in [5.41, 5.74) is 5.50. The Balaban J connectivity index is 1.67. The second kappa shape index (κ2) is 9.73. The fraction of sp³-hybridized carbons (Fsp3) is 0.300. The van der Waals surface area contributed by atoms with E-state index in [-0.39, 0.29) is 26.9 Å². The average Bonchev–Trinajstić information content (AvgIpc) is 3.65. The molecule has 39 heavy (non-hydrogen) atoms. The van der Waals surface area contributed by atoms with E-state index in [0.717, 1.165) is 35.2 Å². The number of nitriles is 1. The molecule has 196 valence electrons. The summed E-state index contributed by atoms with van der Waals surface area (Å²) in [5.74, 6) is -0.0866. The molecule has 1 unspecified atom stereocenters. The number of aromatic nitrogens is 3. The lowest BCUT2D eigenvalue weighted by atomic mass is 9.90. The zero-order chi connectivity index (χ0) is 28.2. The molecule has 0 amide bonds. The van der Waals surface area contributed by atoms with Crippen LogP contribution in [0.1, 0.15) is 44.7 Å². The van der Waals surface area contributed by atoms with Crippen molar-refractivity contribution in [3.8, 4) is 40.0 Å². The molecule has 1 fully saturated rings. The van der Waals surface area contributed by atoms with Crippen molar-refractivity contribution in [2.24, 2.45) is 0 Å². The maximum Gasteiger partial charge on any atom is 0.180 e. The summed E-state index contributed by atoms with van der Waals surface area (Å²) in [6, 6.07) is 13.8. The smallest absolute Gasteiger partial charge is 0.180 e. The lowest BCUT2D eigenvalue weighted by Gasteiger charge is -2.23. The maximum absolute atomic E-state index is 13.3. The van der Waals surface area contributed by atoms with Crippen LogP contribution in [0.25, 0.3) is 33.9 Å². The molecule has 1 saturated carbocycles. The van der Waals surface area contributed by atoms with E-state index in [2.05, 4.69) is 40.7 Å². The zero-order valence-electron chi connectivity index (χ0n) is 22.4. The summed E-state index contributed by atoms with van der Waals surface area (Å²) in [4.78, 5) is 9.55. The second-order valence-corrected chi connectivity index (χ2v) is 14.4. The zero-order valence-corrected chi connectivity index (χ0v) is 24.4. The van der Waals surface area contributed by atoms with Crippen molar-refractivity contribution in [1.82, 2.24) is 14.5 Å². The van der Waals surface area contributed by atoms with Gasteiger partial charge in [-0.25, -0.2) is 13.4 Å².